The maximum absolute atomic E-state index is 5.51. The van der Waals surface area contributed by atoms with Gasteiger partial charge in [0, 0.05) is 19.0 Å². The monoisotopic (exact) mass is 262 g/mol. The standard InChI is InChI=1S/C12H18N6O/c1-9(2)19-12-6-11(14-7-16-12)13-5-3-4-10-15-8-17-18-10/h6-9H,3-5H2,1-2H3,(H,13,14,16)(H,15,17,18). The van der Waals surface area contributed by atoms with Crippen LogP contribution in [-0.4, -0.2) is 37.8 Å². The zero-order valence-corrected chi connectivity index (χ0v) is 11.1. The summed E-state index contributed by atoms with van der Waals surface area (Å²) in [6.07, 6.45) is 4.92. The minimum absolute atomic E-state index is 0.106. The Morgan fingerprint density at radius 2 is 2.16 bits per heavy atom. The van der Waals surface area contributed by atoms with Gasteiger partial charge in [-0.25, -0.2) is 15.0 Å². The summed E-state index contributed by atoms with van der Waals surface area (Å²) < 4.78 is 5.51. The number of aromatic nitrogens is 5. The van der Waals surface area contributed by atoms with E-state index in [1.807, 2.05) is 13.8 Å². The van der Waals surface area contributed by atoms with Gasteiger partial charge in [0.25, 0.3) is 0 Å². The molecule has 0 saturated heterocycles. The van der Waals surface area contributed by atoms with Crippen LogP contribution >= 0.6 is 0 Å². The molecule has 0 fully saturated rings. The minimum Gasteiger partial charge on any atom is -0.475 e. The van der Waals surface area contributed by atoms with E-state index in [0.29, 0.717) is 5.88 Å². The first-order valence-corrected chi connectivity index (χ1v) is 6.31. The summed E-state index contributed by atoms with van der Waals surface area (Å²) in [7, 11) is 0. The molecule has 0 aliphatic carbocycles. The van der Waals surface area contributed by atoms with Gasteiger partial charge < -0.3 is 10.1 Å². The molecule has 2 aromatic heterocycles. The van der Waals surface area contributed by atoms with E-state index in [1.54, 1.807) is 6.07 Å². The first-order valence-electron chi connectivity index (χ1n) is 6.31. The lowest BCUT2D eigenvalue weighted by molar-refractivity contribution is 0.232. The number of ether oxygens (including phenoxy) is 1. The van der Waals surface area contributed by atoms with Gasteiger partial charge in [-0.3, -0.25) is 5.10 Å². The van der Waals surface area contributed by atoms with Gasteiger partial charge in [-0.05, 0) is 20.3 Å². The number of H-pyrrole nitrogens is 1. The SMILES string of the molecule is CC(C)Oc1cc(NCCCc2ncn[nH]2)ncn1. The highest BCUT2D eigenvalue weighted by Crippen LogP contribution is 2.12. The molecule has 0 saturated carbocycles. The molecule has 0 spiro atoms. The fourth-order valence-corrected chi connectivity index (χ4v) is 1.57. The lowest BCUT2D eigenvalue weighted by Crippen LogP contribution is -2.09. The molecule has 0 aromatic carbocycles. The molecule has 0 aliphatic heterocycles. The molecular weight excluding hydrogens is 244 g/mol. The van der Waals surface area contributed by atoms with Crippen molar-refractivity contribution in [1.82, 2.24) is 25.1 Å². The van der Waals surface area contributed by atoms with Gasteiger partial charge in [0.1, 0.15) is 24.3 Å². The lowest BCUT2D eigenvalue weighted by atomic mass is 10.3. The van der Waals surface area contributed by atoms with E-state index in [9.17, 15) is 0 Å². The summed E-state index contributed by atoms with van der Waals surface area (Å²) in [6.45, 7) is 4.73. The number of hydrogen-bond acceptors (Lipinski definition) is 6. The second kappa shape index (κ2) is 6.67. The quantitative estimate of drug-likeness (QED) is 0.734. The number of nitrogens with one attached hydrogen (secondary N) is 2. The van der Waals surface area contributed by atoms with Gasteiger partial charge in [0.15, 0.2) is 0 Å². The van der Waals surface area contributed by atoms with Gasteiger partial charge in [-0.15, -0.1) is 0 Å². The molecular formula is C12H18N6O. The zero-order valence-electron chi connectivity index (χ0n) is 11.1. The molecule has 0 bridgehead atoms. The molecule has 0 radical (unpaired) electrons. The topological polar surface area (TPSA) is 88.6 Å². The van der Waals surface area contributed by atoms with Gasteiger partial charge in [-0.2, -0.15) is 5.10 Å². The van der Waals surface area contributed by atoms with Crippen molar-refractivity contribution in [2.75, 3.05) is 11.9 Å². The van der Waals surface area contributed by atoms with E-state index in [2.05, 4.69) is 30.5 Å². The summed E-state index contributed by atoms with van der Waals surface area (Å²) in [4.78, 5) is 12.3. The van der Waals surface area contributed by atoms with Crippen molar-refractivity contribution < 1.29 is 4.74 Å². The van der Waals surface area contributed by atoms with E-state index in [0.717, 1.165) is 31.0 Å². The van der Waals surface area contributed by atoms with Gasteiger partial charge in [0.2, 0.25) is 5.88 Å². The maximum atomic E-state index is 5.51. The summed E-state index contributed by atoms with van der Waals surface area (Å²) in [5.74, 6) is 2.25. The molecule has 0 unspecified atom stereocenters. The number of aromatic amines is 1. The number of aryl methyl sites for hydroxylation is 1. The van der Waals surface area contributed by atoms with Crippen molar-refractivity contribution in [3.05, 3.63) is 24.5 Å². The highest BCUT2D eigenvalue weighted by molar-refractivity contribution is 5.36. The normalized spacial score (nSPS) is 10.7. The van der Waals surface area contributed by atoms with Crippen LogP contribution in [0.3, 0.4) is 0 Å². The lowest BCUT2D eigenvalue weighted by Gasteiger charge is -2.10. The van der Waals surface area contributed by atoms with Crippen LogP contribution in [0.5, 0.6) is 5.88 Å². The average Bonchev–Trinajstić information content (AvgIpc) is 2.87. The molecule has 102 valence electrons. The predicted octanol–water partition coefficient (Wildman–Crippen LogP) is 1.43. The first-order chi connectivity index (χ1) is 9.24. The fraction of sp³-hybridized carbons (Fsp3) is 0.500. The van der Waals surface area contributed by atoms with Crippen LogP contribution in [-0.2, 0) is 6.42 Å². The number of rotatable bonds is 7. The van der Waals surface area contributed by atoms with E-state index >= 15 is 0 Å². The van der Waals surface area contributed by atoms with Crippen LogP contribution < -0.4 is 10.1 Å². The largest absolute Gasteiger partial charge is 0.475 e. The Kier molecular flexibility index (Phi) is 4.66. The Hall–Kier alpha value is -2.18. The molecule has 2 heterocycles. The fourth-order valence-electron chi connectivity index (χ4n) is 1.57. The van der Waals surface area contributed by atoms with Crippen LogP contribution in [0.1, 0.15) is 26.1 Å². The van der Waals surface area contributed by atoms with Crippen molar-refractivity contribution in [2.24, 2.45) is 0 Å². The molecule has 2 aromatic rings. The van der Waals surface area contributed by atoms with Crippen molar-refractivity contribution in [2.45, 2.75) is 32.8 Å². The Bertz CT molecular complexity index is 485. The molecule has 7 nitrogen and oxygen atoms in total. The Balaban J connectivity index is 1.76. The Labute approximate surface area is 111 Å². The molecule has 19 heavy (non-hydrogen) atoms. The molecule has 2 rings (SSSR count). The average molecular weight is 262 g/mol. The predicted molar refractivity (Wildman–Crippen MR) is 71.0 cm³/mol. The van der Waals surface area contributed by atoms with Crippen LogP contribution in [0.2, 0.25) is 0 Å². The highest BCUT2D eigenvalue weighted by Gasteiger charge is 2.02. The smallest absolute Gasteiger partial charge is 0.218 e. The third-order valence-electron chi connectivity index (χ3n) is 2.36. The Morgan fingerprint density at radius 3 is 2.89 bits per heavy atom. The van der Waals surface area contributed by atoms with Crippen molar-refractivity contribution in [1.29, 1.82) is 0 Å². The van der Waals surface area contributed by atoms with Crippen LogP contribution in [0.4, 0.5) is 5.82 Å². The summed E-state index contributed by atoms with van der Waals surface area (Å²) in [5, 5.41) is 9.86. The molecule has 7 heteroatoms. The molecule has 0 atom stereocenters. The first kappa shape index (κ1) is 13.3. The van der Waals surface area contributed by atoms with Crippen LogP contribution in [0, 0.1) is 0 Å². The second-order valence-corrected chi connectivity index (χ2v) is 4.37. The number of nitrogens with zero attached hydrogens (tertiary/aromatic N) is 4. The second-order valence-electron chi connectivity index (χ2n) is 4.37. The van der Waals surface area contributed by atoms with Crippen LogP contribution in [0.25, 0.3) is 0 Å². The Morgan fingerprint density at radius 1 is 1.26 bits per heavy atom. The van der Waals surface area contributed by atoms with Gasteiger partial charge in [-0.1, -0.05) is 0 Å². The number of hydrogen-bond donors (Lipinski definition) is 2. The van der Waals surface area contributed by atoms with E-state index < -0.39 is 0 Å². The third kappa shape index (κ3) is 4.53. The van der Waals surface area contributed by atoms with Crippen LogP contribution in [0.15, 0.2) is 18.7 Å². The third-order valence-corrected chi connectivity index (χ3v) is 2.36. The van der Waals surface area contributed by atoms with E-state index in [1.165, 1.54) is 12.7 Å². The van der Waals surface area contributed by atoms with E-state index in [-0.39, 0.29) is 6.10 Å². The van der Waals surface area contributed by atoms with Crippen molar-refractivity contribution in [3.8, 4) is 5.88 Å². The van der Waals surface area contributed by atoms with Gasteiger partial charge >= 0.3 is 0 Å². The molecule has 0 aliphatic rings. The zero-order chi connectivity index (χ0) is 13.5. The summed E-state index contributed by atoms with van der Waals surface area (Å²) >= 11 is 0. The number of anilines is 1. The maximum Gasteiger partial charge on any atom is 0.218 e. The van der Waals surface area contributed by atoms with Crippen molar-refractivity contribution in [3.63, 3.8) is 0 Å². The summed E-state index contributed by atoms with van der Waals surface area (Å²) in [6, 6.07) is 1.80. The van der Waals surface area contributed by atoms with Gasteiger partial charge in [0.05, 0.1) is 6.10 Å². The van der Waals surface area contributed by atoms with Crippen molar-refractivity contribution >= 4 is 5.82 Å². The minimum atomic E-state index is 0.106. The summed E-state index contributed by atoms with van der Waals surface area (Å²) in [5.41, 5.74) is 0. The van der Waals surface area contributed by atoms with E-state index in [4.69, 9.17) is 4.74 Å². The highest BCUT2D eigenvalue weighted by atomic mass is 16.5. The molecule has 2 N–H and O–H groups in total. The molecule has 0 amide bonds.